The van der Waals surface area contributed by atoms with Crippen LogP contribution in [0.25, 0.3) is 0 Å². The van der Waals surface area contributed by atoms with Gasteiger partial charge in [-0.25, -0.2) is 0 Å². The van der Waals surface area contributed by atoms with E-state index < -0.39 is 0 Å². The molecule has 0 bridgehead atoms. The average molecular weight is 189 g/mol. The summed E-state index contributed by atoms with van der Waals surface area (Å²) in [5.41, 5.74) is 2.86. The lowest BCUT2D eigenvalue weighted by atomic mass is 10.1. The Labute approximate surface area is 86.7 Å². The zero-order chi connectivity index (χ0) is 9.97. The molecule has 0 saturated carbocycles. The van der Waals surface area contributed by atoms with Crippen molar-refractivity contribution < 1.29 is 0 Å². The summed E-state index contributed by atoms with van der Waals surface area (Å²) in [6, 6.07) is 9.69. The van der Waals surface area contributed by atoms with Crippen LogP contribution in [0.3, 0.4) is 0 Å². The van der Waals surface area contributed by atoms with Crippen molar-refractivity contribution in [3.8, 4) is 0 Å². The maximum absolute atomic E-state index is 2.53. The topological polar surface area (TPSA) is 3.24 Å². The molecule has 1 saturated heterocycles. The van der Waals surface area contributed by atoms with Gasteiger partial charge >= 0.3 is 0 Å². The lowest BCUT2D eigenvalue weighted by Gasteiger charge is -2.24. The zero-order valence-electron chi connectivity index (χ0n) is 9.16. The Morgan fingerprint density at radius 3 is 2.93 bits per heavy atom. The maximum atomic E-state index is 2.53. The van der Waals surface area contributed by atoms with Crippen LogP contribution >= 0.6 is 0 Å². The van der Waals surface area contributed by atoms with Crippen LogP contribution < -0.4 is 4.90 Å². The number of hydrogen-bond donors (Lipinski definition) is 0. The van der Waals surface area contributed by atoms with E-state index in [4.69, 9.17) is 0 Å². The average Bonchev–Trinajstić information content (AvgIpc) is 2.65. The van der Waals surface area contributed by atoms with Gasteiger partial charge in [-0.3, -0.25) is 0 Å². The van der Waals surface area contributed by atoms with Gasteiger partial charge in [0, 0.05) is 18.3 Å². The maximum Gasteiger partial charge on any atom is 0.0371 e. The number of anilines is 1. The lowest BCUT2D eigenvalue weighted by Crippen LogP contribution is -2.26. The van der Waals surface area contributed by atoms with Crippen molar-refractivity contribution in [2.24, 2.45) is 0 Å². The van der Waals surface area contributed by atoms with E-state index in [1.54, 1.807) is 0 Å². The molecule has 0 spiro atoms. The van der Waals surface area contributed by atoms with Crippen LogP contribution in [-0.4, -0.2) is 12.6 Å². The van der Waals surface area contributed by atoms with E-state index in [-0.39, 0.29) is 0 Å². The fourth-order valence-electron chi connectivity index (χ4n) is 2.27. The number of rotatable bonds is 2. The highest BCUT2D eigenvalue weighted by atomic mass is 15.2. The van der Waals surface area contributed by atoms with Gasteiger partial charge < -0.3 is 4.90 Å². The first-order chi connectivity index (χ1) is 6.81. The molecule has 1 nitrogen and oxygen atoms in total. The second-order valence-corrected chi connectivity index (χ2v) is 4.21. The number of nitrogens with zero attached hydrogens (tertiary/aromatic N) is 1. The molecule has 0 radical (unpaired) electrons. The monoisotopic (exact) mass is 189 g/mol. The number of aryl methyl sites for hydroxylation is 1. The van der Waals surface area contributed by atoms with Gasteiger partial charge in [-0.05, 0) is 43.9 Å². The van der Waals surface area contributed by atoms with E-state index in [1.165, 1.54) is 30.6 Å². The summed E-state index contributed by atoms with van der Waals surface area (Å²) in [5.74, 6) is 0. The largest absolute Gasteiger partial charge is 0.369 e. The zero-order valence-corrected chi connectivity index (χ0v) is 9.16. The lowest BCUT2D eigenvalue weighted by molar-refractivity contribution is 0.734. The molecule has 0 aromatic heterocycles. The van der Waals surface area contributed by atoms with Crippen molar-refractivity contribution in [1.29, 1.82) is 0 Å². The van der Waals surface area contributed by atoms with Gasteiger partial charge in [-0.15, -0.1) is 0 Å². The molecule has 76 valence electrons. The third-order valence-corrected chi connectivity index (χ3v) is 3.20. The van der Waals surface area contributed by atoms with Gasteiger partial charge in [0.2, 0.25) is 0 Å². The fraction of sp³-hybridized carbons (Fsp3) is 0.538. The summed E-state index contributed by atoms with van der Waals surface area (Å²) in [4.78, 5) is 2.53. The van der Waals surface area contributed by atoms with Gasteiger partial charge in [-0.1, -0.05) is 19.1 Å². The molecule has 0 N–H and O–H groups in total. The molecule has 2 rings (SSSR count). The third-order valence-electron chi connectivity index (χ3n) is 3.20. The summed E-state index contributed by atoms with van der Waals surface area (Å²) < 4.78 is 0. The normalized spacial score (nSPS) is 21.6. The summed E-state index contributed by atoms with van der Waals surface area (Å²) in [6.07, 6.45) is 3.82. The molecule has 1 unspecified atom stereocenters. The molecule has 0 amide bonds. The molecule has 1 heteroatoms. The van der Waals surface area contributed by atoms with Crippen LogP contribution in [-0.2, 0) is 6.42 Å². The Morgan fingerprint density at radius 2 is 2.29 bits per heavy atom. The highest BCUT2D eigenvalue weighted by Gasteiger charge is 2.20. The minimum Gasteiger partial charge on any atom is -0.369 e. The first kappa shape index (κ1) is 9.57. The molecule has 1 aromatic carbocycles. The predicted octanol–water partition coefficient (Wildman–Crippen LogP) is 3.24. The Hall–Kier alpha value is -0.980. The van der Waals surface area contributed by atoms with Crippen molar-refractivity contribution in [2.75, 3.05) is 11.4 Å². The molecular formula is C13H19N. The second-order valence-electron chi connectivity index (χ2n) is 4.21. The minimum absolute atomic E-state index is 0.724. The van der Waals surface area contributed by atoms with E-state index in [2.05, 4.69) is 43.0 Å². The Balaban J connectivity index is 2.22. The summed E-state index contributed by atoms with van der Waals surface area (Å²) in [5, 5.41) is 0. The molecule has 1 heterocycles. The highest BCUT2D eigenvalue weighted by Crippen LogP contribution is 2.25. The van der Waals surface area contributed by atoms with Gasteiger partial charge in [0.15, 0.2) is 0 Å². The molecule has 0 aliphatic carbocycles. The second kappa shape index (κ2) is 4.04. The van der Waals surface area contributed by atoms with Crippen molar-refractivity contribution in [2.45, 2.75) is 39.2 Å². The quantitative estimate of drug-likeness (QED) is 0.690. The Kier molecular flexibility index (Phi) is 2.76. The first-order valence-electron chi connectivity index (χ1n) is 5.67. The van der Waals surface area contributed by atoms with Crippen molar-refractivity contribution in [1.82, 2.24) is 0 Å². The van der Waals surface area contributed by atoms with Crippen LogP contribution in [0.1, 0.15) is 32.3 Å². The Morgan fingerprint density at radius 1 is 1.43 bits per heavy atom. The molecular weight excluding hydrogens is 170 g/mol. The van der Waals surface area contributed by atoms with Crippen LogP contribution in [0.15, 0.2) is 24.3 Å². The van der Waals surface area contributed by atoms with Gasteiger partial charge in [-0.2, -0.15) is 0 Å². The van der Waals surface area contributed by atoms with E-state index in [0.717, 1.165) is 12.5 Å². The van der Waals surface area contributed by atoms with Gasteiger partial charge in [0.05, 0.1) is 0 Å². The van der Waals surface area contributed by atoms with Crippen LogP contribution in [0.2, 0.25) is 0 Å². The fourth-order valence-corrected chi connectivity index (χ4v) is 2.27. The smallest absolute Gasteiger partial charge is 0.0371 e. The molecule has 1 atom stereocenters. The Bertz CT molecular complexity index is 306. The predicted molar refractivity (Wildman–Crippen MR) is 61.9 cm³/mol. The van der Waals surface area contributed by atoms with E-state index in [1.807, 2.05) is 0 Å². The van der Waals surface area contributed by atoms with Gasteiger partial charge in [0.1, 0.15) is 0 Å². The van der Waals surface area contributed by atoms with Crippen LogP contribution in [0.5, 0.6) is 0 Å². The molecule has 14 heavy (non-hydrogen) atoms. The van der Waals surface area contributed by atoms with Crippen molar-refractivity contribution in [3.05, 3.63) is 29.8 Å². The third kappa shape index (κ3) is 1.77. The highest BCUT2D eigenvalue weighted by molar-refractivity contribution is 5.50. The summed E-state index contributed by atoms with van der Waals surface area (Å²) >= 11 is 0. The number of hydrogen-bond acceptors (Lipinski definition) is 1. The van der Waals surface area contributed by atoms with Gasteiger partial charge in [0.25, 0.3) is 0 Å². The van der Waals surface area contributed by atoms with Crippen molar-refractivity contribution in [3.63, 3.8) is 0 Å². The molecule has 1 aromatic rings. The van der Waals surface area contributed by atoms with E-state index >= 15 is 0 Å². The van der Waals surface area contributed by atoms with Crippen LogP contribution in [0.4, 0.5) is 5.69 Å². The van der Waals surface area contributed by atoms with E-state index in [9.17, 15) is 0 Å². The standard InChI is InChI=1S/C13H19N/c1-3-12-7-4-8-13(10-12)14-9-5-6-11(14)2/h4,7-8,10-11H,3,5-6,9H2,1-2H3. The molecule has 1 aliphatic heterocycles. The SMILES string of the molecule is CCc1cccc(N2CCCC2C)c1. The minimum atomic E-state index is 0.724. The van der Waals surface area contributed by atoms with Crippen LogP contribution in [0, 0.1) is 0 Å². The van der Waals surface area contributed by atoms with E-state index in [0.29, 0.717) is 0 Å². The summed E-state index contributed by atoms with van der Waals surface area (Å²) in [7, 11) is 0. The van der Waals surface area contributed by atoms with Crippen molar-refractivity contribution >= 4 is 5.69 Å². The molecule has 1 fully saturated rings. The number of benzene rings is 1. The summed E-state index contributed by atoms with van der Waals surface area (Å²) in [6.45, 7) is 5.77. The molecule has 1 aliphatic rings. The first-order valence-corrected chi connectivity index (χ1v) is 5.67.